The number of rotatable bonds is 2. The van der Waals surface area contributed by atoms with Gasteiger partial charge >= 0.3 is 0 Å². The molecule has 0 radical (unpaired) electrons. The smallest absolute Gasteiger partial charge is 0.255 e. The number of nitrogens with one attached hydrogen (secondary N) is 2. The molecule has 0 bridgehead atoms. The molecule has 0 atom stereocenters. The predicted octanol–water partition coefficient (Wildman–Crippen LogP) is 3.70. The van der Waals surface area contributed by atoms with Gasteiger partial charge in [0.25, 0.3) is 5.91 Å². The number of anilines is 1. The quantitative estimate of drug-likeness (QED) is 0.734. The summed E-state index contributed by atoms with van der Waals surface area (Å²) in [4.78, 5) is 15.0. The third-order valence-electron chi connectivity index (χ3n) is 3.02. The van der Waals surface area contributed by atoms with Crippen molar-refractivity contribution in [1.82, 2.24) is 4.98 Å². The fourth-order valence-electron chi connectivity index (χ4n) is 1.99. The van der Waals surface area contributed by atoms with E-state index in [1.54, 1.807) is 24.4 Å². The summed E-state index contributed by atoms with van der Waals surface area (Å²) in [7, 11) is 0. The van der Waals surface area contributed by atoms with Crippen LogP contribution >= 0.6 is 0 Å². The van der Waals surface area contributed by atoms with Gasteiger partial charge in [-0.1, -0.05) is 6.07 Å². The summed E-state index contributed by atoms with van der Waals surface area (Å²) in [6.45, 7) is 0. The number of hydrogen-bond donors (Lipinski definition) is 2. The molecule has 0 spiro atoms. The van der Waals surface area contributed by atoms with E-state index in [2.05, 4.69) is 10.3 Å². The van der Waals surface area contributed by atoms with Gasteiger partial charge in [-0.05, 0) is 36.4 Å². The van der Waals surface area contributed by atoms with Crippen LogP contribution < -0.4 is 5.32 Å². The summed E-state index contributed by atoms with van der Waals surface area (Å²) in [5, 5.41) is 3.23. The van der Waals surface area contributed by atoms with Gasteiger partial charge in [0.1, 0.15) is 0 Å². The Balaban J connectivity index is 1.90. The number of H-pyrrole nitrogens is 1. The van der Waals surface area contributed by atoms with Gasteiger partial charge in [-0.2, -0.15) is 0 Å². The lowest BCUT2D eigenvalue weighted by atomic mass is 10.1. The van der Waals surface area contributed by atoms with Gasteiger partial charge < -0.3 is 10.3 Å². The minimum absolute atomic E-state index is 0.177. The maximum atomic E-state index is 13.5. The van der Waals surface area contributed by atoms with E-state index in [0.29, 0.717) is 5.56 Å². The minimum atomic E-state index is -1.07. The molecule has 100 valence electrons. The molecule has 0 aliphatic heterocycles. The lowest BCUT2D eigenvalue weighted by Gasteiger charge is -2.07. The molecule has 5 heteroatoms. The monoisotopic (exact) mass is 272 g/mol. The van der Waals surface area contributed by atoms with Crippen LogP contribution in [0.4, 0.5) is 14.5 Å². The number of hydrogen-bond acceptors (Lipinski definition) is 1. The molecular weight excluding hydrogens is 262 g/mol. The second kappa shape index (κ2) is 4.77. The first-order valence-corrected chi connectivity index (χ1v) is 5.97. The lowest BCUT2D eigenvalue weighted by Crippen LogP contribution is -2.13. The Morgan fingerprint density at radius 1 is 1.10 bits per heavy atom. The average Bonchev–Trinajstić information content (AvgIpc) is 2.91. The van der Waals surface area contributed by atoms with E-state index in [-0.39, 0.29) is 5.69 Å². The third-order valence-corrected chi connectivity index (χ3v) is 3.02. The SMILES string of the molecule is O=C(Nc1cccc(F)c1F)c1ccc2[nH]ccc2c1. The second-order valence-corrected chi connectivity index (χ2v) is 4.34. The number of aromatic nitrogens is 1. The second-order valence-electron chi connectivity index (χ2n) is 4.34. The van der Waals surface area contributed by atoms with Crippen LogP contribution in [0.2, 0.25) is 0 Å². The van der Waals surface area contributed by atoms with Crippen molar-refractivity contribution >= 4 is 22.5 Å². The third kappa shape index (κ3) is 2.14. The minimum Gasteiger partial charge on any atom is -0.361 e. The highest BCUT2D eigenvalue weighted by Crippen LogP contribution is 2.19. The van der Waals surface area contributed by atoms with E-state index >= 15 is 0 Å². The van der Waals surface area contributed by atoms with E-state index in [4.69, 9.17) is 0 Å². The van der Waals surface area contributed by atoms with Crippen LogP contribution in [0, 0.1) is 11.6 Å². The molecule has 3 aromatic rings. The predicted molar refractivity (Wildman–Crippen MR) is 72.6 cm³/mol. The number of aromatic amines is 1. The molecule has 1 aromatic heterocycles. The van der Waals surface area contributed by atoms with E-state index in [1.165, 1.54) is 12.1 Å². The average molecular weight is 272 g/mol. The molecule has 0 aliphatic carbocycles. The summed E-state index contributed by atoms with van der Waals surface area (Å²) < 4.78 is 26.6. The van der Waals surface area contributed by atoms with Crippen LogP contribution in [0.5, 0.6) is 0 Å². The molecule has 0 aliphatic rings. The zero-order chi connectivity index (χ0) is 14.1. The molecule has 20 heavy (non-hydrogen) atoms. The zero-order valence-electron chi connectivity index (χ0n) is 10.3. The molecule has 0 saturated heterocycles. The van der Waals surface area contributed by atoms with Crippen molar-refractivity contribution < 1.29 is 13.6 Å². The molecule has 1 heterocycles. The lowest BCUT2D eigenvalue weighted by molar-refractivity contribution is 0.102. The van der Waals surface area contributed by atoms with Crippen molar-refractivity contribution in [2.75, 3.05) is 5.32 Å². The van der Waals surface area contributed by atoms with Crippen molar-refractivity contribution in [3.8, 4) is 0 Å². The van der Waals surface area contributed by atoms with Gasteiger partial charge in [0.2, 0.25) is 0 Å². The van der Waals surface area contributed by atoms with E-state index < -0.39 is 17.5 Å². The van der Waals surface area contributed by atoms with Gasteiger partial charge in [-0.15, -0.1) is 0 Å². The summed E-state index contributed by atoms with van der Waals surface area (Å²) in [6.07, 6.45) is 1.76. The highest BCUT2D eigenvalue weighted by molar-refractivity contribution is 6.06. The molecule has 3 rings (SSSR count). The van der Waals surface area contributed by atoms with E-state index in [9.17, 15) is 13.6 Å². The number of benzene rings is 2. The molecule has 2 N–H and O–H groups in total. The number of amides is 1. The molecular formula is C15H10F2N2O. The van der Waals surface area contributed by atoms with Crippen LogP contribution in [0.15, 0.2) is 48.7 Å². The summed E-state index contributed by atoms with van der Waals surface area (Å²) >= 11 is 0. The van der Waals surface area contributed by atoms with Crippen molar-refractivity contribution in [1.29, 1.82) is 0 Å². The Kier molecular flexibility index (Phi) is 2.95. The van der Waals surface area contributed by atoms with Crippen molar-refractivity contribution in [3.63, 3.8) is 0 Å². The first-order valence-electron chi connectivity index (χ1n) is 5.97. The molecule has 0 unspecified atom stereocenters. The number of fused-ring (bicyclic) bond motifs is 1. The van der Waals surface area contributed by atoms with Crippen LogP contribution in [0.3, 0.4) is 0 Å². The Hall–Kier alpha value is -2.69. The van der Waals surface area contributed by atoms with Gasteiger partial charge in [0.05, 0.1) is 5.69 Å². The summed E-state index contributed by atoms with van der Waals surface area (Å²) in [5.41, 5.74) is 1.10. The molecule has 1 amide bonds. The summed E-state index contributed by atoms with van der Waals surface area (Å²) in [6, 6.07) is 10.5. The highest BCUT2D eigenvalue weighted by atomic mass is 19.2. The van der Waals surface area contributed by atoms with Gasteiger partial charge in [0, 0.05) is 22.7 Å². The largest absolute Gasteiger partial charge is 0.361 e. The zero-order valence-corrected chi connectivity index (χ0v) is 10.3. The fraction of sp³-hybridized carbons (Fsp3) is 0. The van der Waals surface area contributed by atoms with E-state index in [1.807, 2.05) is 6.07 Å². The normalized spacial score (nSPS) is 10.7. The van der Waals surface area contributed by atoms with Crippen molar-refractivity contribution in [2.24, 2.45) is 0 Å². The van der Waals surface area contributed by atoms with Gasteiger partial charge in [-0.3, -0.25) is 4.79 Å². The topological polar surface area (TPSA) is 44.9 Å². The first-order chi connectivity index (χ1) is 9.65. The van der Waals surface area contributed by atoms with Gasteiger partial charge in [-0.25, -0.2) is 8.78 Å². The molecule has 0 saturated carbocycles. The van der Waals surface area contributed by atoms with Crippen molar-refractivity contribution in [2.45, 2.75) is 0 Å². The molecule has 3 nitrogen and oxygen atoms in total. The number of carbonyl (C=O) groups excluding carboxylic acids is 1. The van der Waals surface area contributed by atoms with Crippen LogP contribution in [0.1, 0.15) is 10.4 Å². The number of halogens is 2. The van der Waals surface area contributed by atoms with Crippen LogP contribution in [-0.4, -0.2) is 10.9 Å². The Labute approximate surface area is 113 Å². The maximum absolute atomic E-state index is 13.5. The molecule has 2 aromatic carbocycles. The fourth-order valence-corrected chi connectivity index (χ4v) is 1.99. The Morgan fingerprint density at radius 2 is 1.95 bits per heavy atom. The van der Waals surface area contributed by atoms with E-state index in [0.717, 1.165) is 17.0 Å². The standard InChI is InChI=1S/C15H10F2N2O/c16-11-2-1-3-13(14(11)17)19-15(20)10-4-5-12-9(8-10)6-7-18-12/h1-8,18H,(H,19,20). The molecule has 0 fully saturated rings. The van der Waals surface area contributed by atoms with Crippen LogP contribution in [0.25, 0.3) is 10.9 Å². The first kappa shape index (κ1) is 12.3. The number of carbonyl (C=O) groups is 1. The summed E-state index contributed by atoms with van der Waals surface area (Å²) in [5.74, 6) is -2.55. The Morgan fingerprint density at radius 3 is 2.80 bits per heavy atom. The Bertz CT molecular complexity index is 795. The highest BCUT2D eigenvalue weighted by Gasteiger charge is 2.12. The van der Waals surface area contributed by atoms with Crippen molar-refractivity contribution in [3.05, 3.63) is 65.9 Å². The van der Waals surface area contributed by atoms with Gasteiger partial charge in [0.15, 0.2) is 11.6 Å². The van der Waals surface area contributed by atoms with Crippen LogP contribution in [-0.2, 0) is 0 Å². The maximum Gasteiger partial charge on any atom is 0.255 e.